The highest BCUT2D eigenvalue weighted by Gasteiger charge is 2.54. The van der Waals surface area contributed by atoms with Gasteiger partial charge in [-0.3, -0.25) is 9.32 Å². The molecule has 4 rings (SSSR count). The van der Waals surface area contributed by atoms with Crippen molar-refractivity contribution in [1.82, 2.24) is 19.6 Å². The van der Waals surface area contributed by atoms with Crippen molar-refractivity contribution in [2.24, 2.45) is 0 Å². The van der Waals surface area contributed by atoms with Crippen LogP contribution in [0.3, 0.4) is 0 Å². The van der Waals surface area contributed by atoms with Gasteiger partial charge in [0.15, 0.2) is 17.7 Å². The molecule has 0 radical (unpaired) electrons. The lowest BCUT2D eigenvalue weighted by molar-refractivity contribution is -0.149. The number of alkyl halides is 1. The Morgan fingerprint density at radius 2 is 2.03 bits per heavy atom. The number of hydrogen-bond donors (Lipinski definition) is 3. The first-order valence-electron chi connectivity index (χ1n) is 12.1. The van der Waals surface area contributed by atoms with Gasteiger partial charge in [0.05, 0.1) is 18.1 Å². The van der Waals surface area contributed by atoms with E-state index in [1.807, 2.05) is 0 Å². The maximum Gasteiger partial charge on any atom is 0.459 e. The van der Waals surface area contributed by atoms with E-state index in [-0.39, 0.29) is 22.6 Å². The molecule has 2 aromatic heterocycles. The van der Waals surface area contributed by atoms with Gasteiger partial charge >= 0.3 is 13.7 Å². The molecule has 1 aliphatic heterocycles. The lowest BCUT2D eigenvalue weighted by atomic mass is 10.0. The van der Waals surface area contributed by atoms with E-state index in [0.29, 0.717) is 0 Å². The van der Waals surface area contributed by atoms with Crippen molar-refractivity contribution in [3.8, 4) is 5.75 Å². The van der Waals surface area contributed by atoms with Crippen LogP contribution in [-0.4, -0.2) is 61.4 Å². The summed E-state index contributed by atoms with van der Waals surface area (Å²) in [5, 5.41) is 13.6. The number of benzene rings is 1. The molecule has 0 amide bonds. The zero-order valence-electron chi connectivity index (χ0n) is 21.7. The normalized spacial score (nSPS) is 25.5. The molecule has 4 N–H and O–H groups in total. The SMILES string of the molecule is CC(C)OC(=O)[C@@H](C)N[P@@](=O)(OC[C@H]1O[C@@H](n2cc(F)c3c(N)ncnc32)[C@](C)(Cl)[C@@H]1O)Oc1ccccc1. The summed E-state index contributed by atoms with van der Waals surface area (Å²) in [6.45, 7) is 5.84. The number of carbonyl (C=O) groups is 1. The summed E-state index contributed by atoms with van der Waals surface area (Å²) in [6, 6.07) is 7.12. The van der Waals surface area contributed by atoms with E-state index in [0.717, 1.165) is 6.20 Å². The van der Waals surface area contributed by atoms with Gasteiger partial charge in [-0.25, -0.2) is 18.9 Å². The number of esters is 1. The van der Waals surface area contributed by atoms with Crippen molar-refractivity contribution >= 4 is 42.2 Å². The quantitative estimate of drug-likeness (QED) is 0.181. The first-order valence-corrected chi connectivity index (χ1v) is 14.0. The number of ether oxygens (including phenoxy) is 2. The second-order valence-electron chi connectivity index (χ2n) is 9.50. The molecule has 1 aliphatic rings. The van der Waals surface area contributed by atoms with E-state index in [9.17, 15) is 18.9 Å². The van der Waals surface area contributed by atoms with Gasteiger partial charge in [0, 0.05) is 6.20 Å². The number of nitrogen functional groups attached to an aromatic ring is 1. The van der Waals surface area contributed by atoms with Crippen molar-refractivity contribution in [3.05, 3.63) is 48.7 Å². The number of aromatic nitrogens is 3. The fraction of sp³-hybridized carbons (Fsp3) is 0.458. The second-order valence-corrected chi connectivity index (χ2v) is 12.0. The standard InChI is InChI=1S/C24H30ClFN5O7P/c1-13(2)36-22(33)14(3)30-39(34,38-15-8-6-5-7-9-15)35-11-17-19(32)24(4,25)23(37-17)31-10-16(26)18-20(27)28-12-29-21(18)31/h5-10,12-14,17,19,23,32H,11H2,1-4H3,(H,30,34)(H2,27,28,29)/t14-,17-,19-,23-,24-,39-/m1/s1. The van der Waals surface area contributed by atoms with Crippen LogP contribution < -0.4 is 15.3 Å². The monoisotopic (exact) mass is 585 g/mol. The predicted octanol–water partition coefficient (Wildman–Crippen LogP) is 3.54. The van der Waals surface area contributed by atoms with Crippen LogP contribution in [0.4, 0.5) is 10.2 Å². The van der Waals surface area contributed by atoms with Gasteiger partial charge < -0.3 is 29.4 Å². The van der Waals surface area contributed by atoms with E-state index < -0.39 is 61.6 Å². The number of aliphatic hydroxyl groups is 1. The molecule has 3 heterocycles. The Labute approximate surface area is 229 Å². The highest BCUT2D eigenvalue weighted by Crippen LogP contribution is 2.49. The molecule has 0 unspecified atom stereocenters. The maximum absolute atomic E-state index is 14.7. The largest absolute Gasteiger partial charge is 0.462 e. The van der Waals surface area contributed by atoms with Gasteiger partial charge in [-0.15, -0.1) is 11.6 Å². The summed E-state index contributed by atoms with van der Waals surface area (Å²) in [4.78, 5) is 18.8. The van der Waals surface area contributed by atoms with Crippen LogP contribution in [0, 0.1) is 5.82 Å². The Morgan fingerprint density at radius 3 is 2.69 bits per heavy atom. The minimum absolute atomic E-state index is 0.0185. The van der Waals surface area contributed by atoms with Gasteiger partial charge in [-0.1, -0.05) is 18.2 Å². The number of para-hydroxylation sites is 1. The second kappa shape index (κ2) is 11.4. The molecule has 0 saturated carbocycles. The van der Waals surface area contributed by atoms with E-state index in [2.05, 4.69) is 15.1 Å². The number of aliphatic hydroxyl groups excluding tert-OH is 1. The van der Waals surface area contributed by atoms with Crippen LogP contribution in [0.5, 0.6) is 5.75 Å². The average molecular weight is 586 g/mol. The predicted molar refractivity (Wildman–Crippen MR) is 141 cm³/mol. The molecule has 12 nitrogen and oxygen atoms in total. The molecule has 0 spiro atoms. The summed E-state index contributed by atoms with van der Waals surface area (Å²) < 4.78 is 52.2. The Morgan fingerprint density at radius 1 is 1.33 bits per heavy atom. The van der Waals surface area contributed by atoms with Crippen molar-refractivity contribution in [1.29, 1.82) is 0 Å². The van der Waals surface area contributed by atoms with Crippen molar-refractivity contribution in [3.63, 3.8) is 0 Å². The summed E-state index contributed by atoms with van der Waals surface area (Å²) in [6.07, 6.45) is -1.75. The third-order valence-electron chi connectivity index (χ3n) is 6.00. The molecule has 6 atom stereocenters. The molecule has 1 aromatic carbocycles. The van der Waals surface area contributed by atoms with Crippen molar-refractivity contribution in [2.75, 3.05) is 12.3 Å². The summed E-state index contributed by atoms with van der Waals surface area (Å²) >= 11 is 6.69. The lowest BCUT2D eigenvalue weighted by Crippen LogP contribution is -2.40. The molecule has 1 fully saturated rings. The Hall–Kier alpha value is -2.80. The molecule has 1 saturated heterocycles. The number of nitrogens with two attached hydrogens (primary N) is 1. The number of nitrogens with zero attached hydrogens (tertiary/aromatic N) is 3. The number of carbonyl (C=O) groups excluding carboxylic acids is 1. The van der Waals surface area contributed by atoms with Crippen molar-refractivity contribution < 1.29 is 37.4 Å². The van der Waals surface area contributed by atoms with E-state index in [1.54, 1.807) is 44.2 Å². The Balaban J connectivity index is 1.56. The topological polar surface area (TPSA) is 160 Å². The van der Waals surface area contributed by atoms with Crippen LogP contribution in [0.1, 0.15) is 33.9 Å². The fourth-order valence-corrected chi connectivity index (χ4v) is 5.90. The molecule has 0 bridgehead atoms. The highest BCUT2D eigenvalue weighted by atomic mass is 35.5. The minimum atomic E-state index is -4.24. The number of hydrogen-bond acceptors (Lipinski definition) is 10. The van der Waals surface area contributed by atoms with Crippen LogP contribution >= 0.6 is 19.3 Å². The van der Waals surface area contributed by atoms with E-state index in [4.69, 9.17) is 35.9 Å². The third kappa shape index (κ3) is 6.19. The van der Waals surface area contributed by atoms with Gasteiger partial charge in [0.25, 0.3) is 0 Å². The molecule has 212 valence electrons. The van der Waals surface area contributed by atoms with Crippen molar-refractivity contribution in [2.45, 2.75) is 63.2 Å². The fourth-order valence-electron chi connectivity index (χ4n) is 4.10. The van der Waals surface area contributed by atoms with E-state index >= 15 is 0 Å². The third-order valence-corrected chi connectivity index (χ3v) is 8.05. The van der Waals surface area contributed by atoms with Gasteiger partial charge in [0.1, 0.15) is 41.0 Å². The summed E-state index contributed by atoms with van der Waals surface area (Å²) in [7, 11) is -4.24. The smallest absolute Gasteiger partial charge is 0.459 e. The molecular weight excluding hydrogens is 556 g/mol. The zero-order chi connectivity index (χ0) is 28.5. The van der Waals surface area contributed by atoms with Crippen LogP contribution in [0.2, 0.25) is 0 Å². The number of anilines is 1. The first kappa shape index (κ1) is 29.2. The molecule has 15 heteroatoms. The van der Waals surface area contributed by atoms with Gasteiger partial charge in [-0.05, 0) is 39.8 Å². The molecule has 39 heavy (non-hydrogen) atoms. The average Bonchev–Trinajstić information content (AvgIpc) is 3.31. The first-order chi connectivity index (χ1) is 18.3. The lowest BCUT2D eigenvalue weighted by Gasteiger charge is -2.26. The molecular formula is C24H30ClFN5O7P. The van der Waals surface area contributed by atoms with Gasteiger partial charge in [-0.2, -0.15) is 5.09 Å². The molecule has 3 aromatic rings. The van der Waals surface area contributed by atoms with Crippen LogP contribution in [-0.2, 0) is 23.4 Å². The zero-order valence-corrected chi connectivity index (χ0v) is 23.3. The van der Waals surface area contributed by atoms with Gasteiger partial charge in [0.2, 0.25) is 0 Å². The number of nitrogens with one attached hydrogen (secondary N) is 1. The Bertz CT molecular complexity index is 1380. The maximum atomic E-state index is 14.7. The number of halogens is 2. The van der Waals surface area contributed by atoms with E-state index in [1.165, 1.54) is 24.7 Å². The number of rotatable bonds is 10. The van der Waals surface area contributed by atoms with Crippen LogP contribution in [0.25, 0.3) is 11.0 Å². The number of fused-ring (bicyclic) bond motifs is 1. The summed E-state index contributed by atoms with van der Waals surface area (Å²) in [5.41, 5.74) is 5.92. The Kier molecular flexibility index (Phi) is 8.50. The minimum Gasteiger partial charge on any atom is -0.462 e. The summed E-state index contributed by atoms with van der Waals surface area (Å²) in [5.74, 6) is -1.22. The molecule has 0 aliphatic carbocycles. The highest BCUT2D eigenvalue weighted by molar-refractivity contribution is 7.52. The van der Waals surface area contributed by atoms with Crippen LogP contribution in [0.15, 0.2) is 42.9 Å².